The highest BCUT2D eigenvalue weighted by Gasteiger charge is 2.30. The van der Waals surface area contributed by atoms with Crippen molar-refractivity contribution in [2.24, 2.45) is 5.92 Å². The van der Waals surface area contributed by atoms with Gasteiger partial charge < -0.3 is 15.0 Å². The zero-order valence-electron chi connectivity index (χ0n) is 15.2. The molecule has 2 amide bonds. The lowest BCUT2D eigenvalue weighted by Gasteiger charge is -2.33. The predicted octanol–water partition coefficient (Wildman–Crippen LogP) is 3.65. The van der Waals surface area contributed by atoms with Crippen LogP contribution in [0.25, 0.3) is 0 Å². The van der Waals surface area contributed by atoms with Crippen LogP contribution in [0.15, 0.2) is 24.3 Å². The van der Waals surface area contributed by atoms with E-state index in [-0.39, 0.29) is 17.9 Å². The fourth-order valence-corrected chi connectivity index (χ4v) is 2.93. The van der Waals surface area contributed by atoms with Gasteiger partial charge in [0.05, 0.1) is 5.92 Å². The highest BCUT2D eigenvalue weighted by Crippen LogP contribution is 2.19. The Balaban J connectivity index is 1.78. The van der Waals surface area contributed by atoms with Crippen LogP contribution in [0.1, 0.15) is 39.2 Å². The van der Waals surface area contributed by atoms with Crippen molar-refractivity contribution >= 4 is 23.6 Å². The van der Waals surface area contributed by atoms with Crippen molar-refractivity contribution in [3.8, 4) is 0 Å². The fraction of sp³-hybridized carbons (Fsp3) is 0.579. The highest BCUT2D eigenvalue weighted by molar-refractivity contribution is 6.30. The summed E-state index contributed by atoms with van der Waals surface area (Å²) < 4.78 is 5.40. The Hall–Kier alpha value is -1.75. The first kappa shape index (κ1) is 19.6. The first-order valence-corrected chi connectivity index (χ1v) is 9.12. The molecule has 1 fully saturated rings. The molecular formula is C19H27ClN2O3. The van der Waals surface area contributed by atoms with Gasteiger partial charge in [0, 0.05) is 24.7 Å². The van der Waals surface area contributed by atoms with Gasteiger partial charge in [0.15, 0.2) is 0 Å². The molecule has 2 rings (SSSR count). The Labute approximate surface area is 154 Å². The molecule has 5 nitrogen and oxygen atoms in total. The number of halogens is 1. The zero-order chi connectivity index (χ0) is 18.4. The van der Waals surface area contributed by atoms with Crippen molar-refractivity contribution < 1.29 is 14.3 Å². The molecule has 0 saturated carbocycles. The second kappa shape index (κ2) is 8.56. The zero-order valence-corrected chi connectivity index (χ0v) is 15.9. The Bertz CT molecular complexity index is 596. The van der Waals surface area contributed by atoms with E-state index in [4.69, 9.17) is 16.3 Å². The van der Waals surface area contributed by atoms with Crippen LogP contribution in [-0.4, -0.2) is 42.1 Å². The molecule has 0 aliphatic carbocycles. The Morgan fingerprint density at radius 3 is 2.60 bits per heavy atom. The number of carbonyl (C=O) groups excluding carboxylic acids is 2. The minimum Gasteiger partial charge on any atom is -0.444 e. The lowest BCUT2D eigenvalue weighted by molar-refractivity contribution is -0.126. The molecule has 1 aliphatic heterocycles. The number of nitrogens with zero attached hydrogens (tertiary/aromatic N) is 1. The second-order valence-corrected chi connectivity index (χ2v) is 7.87. The molecule has 0 spiro atoms. The topological polar surface area (TPSA) is 58.6 Å². The molecule has 1 aromatic rings. The van der Waals surface area contributed by atoms with Crippen molar-refractivity contribution in [1.82, 2.24) is 10.2 Å². The summed E-state index contributed by atoms with van der Waals surface area (Å²) in [6.45, 7) is 7.16. The lowest BCUT2D eigenvalue weighted by Crippen LogP contribution is -2.47. The van der Waals surface area contributed by atoms with Crippen molar-refractivity contribution in [2.45, 2.75) is 45.6 Å². The molecular weight excluding hydrogens is 340 g/mol. The maximum atomic E-state index is 12.4. The van der Waals surface area contributed by atoms with Gasteiger partial charge in [-0.25, -0.2) is 4.79 Å². The molecule has 1 aromatic carbocycles. The van der Waals surface area contributed by atoms with Gasteiger partial charge in [0.25, 0.3) is 0 Å². The van der Waals surface area contributed by atoms with Gasteiger partial charge in [-0.05, 0) is 57.7 Å². The first-order chi connectivity index (χ1) is 11.7. The molecule has 1 unspecified atom stereocenters. The number of amides is 2. The number of piperidine rings is 1. The minimum absolute atomic E-state index is 0.00206. The van der Waals surface area contributed by atoms with Gasteiger partial charge in [0.2, 0.25) is 5.91 Å². The van der Waals surface area contributed by atoms with E-state index in [1.165, 1.54) is 0 Å². The number of hydrogen-bond donors (Lipinski definition) is 1. The van der Waals surface area contributed by atoms with Crippen LogP contribution < -0.4 is 5.32 Å². The van der Waals surface area contributed by atoms with Gasteiger partial charge in [-0.2, -0.15) is 0 Å². The quantitative estimate of drug-likeness (QED) is 0.884. The second-order valence-electron chi connectivity index (χ2n) is 7.43. The van der Waals surface area contributed by atoms with Gasteiger partial charge >= 0.3 is 6.09 Å². The third-order valence-corrected chi connectivity index (χ3v) is 4.32. The van der Waals surface area contributed by atoms with Crippen LogP contribution in [0, 0.1) is 5.92 Å². The lowest BCUT2D eigenvalue weighted by atomic mass is 9.97. The molecule has 1 aliphatic rings. The standard InChI is InChI=1S/C19H27ClN2O3/c1-19(2,3)25-18(24)22-12-4-5-15(13-22)17(23)21-11-10-14-6-8-16(20)9-7-14/h6-9,15H,4-5,10-13H2,1-3H3,(H,21,23). The van der Waals surface area contributed by atoms with Crippen LogP contribution in [0.3, 0.4) is 0 Å². The number of ether oxygens (including phenoxy) is 1. The minimum atomic E-state index is -0.523. The summed E-state index contributed by atoms with van der Waals surface area (Å²) in [7, 11) is 0. The Morgan fingerprint density at radius 1 is 1.28 bits per heavy atom. The van der Waals surface area contributed by atoms with Crippen molar-refractivity contribution in [3.05, 3.63) is 34.9 Å². The average Bonchev–Trinajstić information content (AvgIpc) is 2.55. The maximum Gasteiger partial charge on any atom is 0.410 e. The van der Waals surface area contributed by atoms with Crippen molar-refractivity contribution in [3.63, 3.8) is 0 Å². The summed E-state index contributed by atoms with van der Waals surface area (Å²) in [5.74, 6) is -0.172. The molecule has 1 heterocycles. The van der Waals surface area contributed by atoms with E-state index in [1.807, 2.05) is 45.0 Å². The normalized spacial score (nSPS) is 17.9. The van der Waals surface area contributed by atoms with Gasteiger partial charge in [-0.15, -0.1) is 0 Å². The molecule has 0 radical (unpaired) electrons. The van der Waals surface area contributed by atoms with E-state index in [0.717, 1.165) is 24.8 Å². The smallest absolute Gasteiger partial charge is 0.410 e. The monoisotopic (exact) mass is 366 g/mol. The largest absolute Gasteiger partial charge is 0.444 e. The maximum absolute atomic E-state index is 12.4. The van der Waals surface area contributed by atoms with Crippen LogP contribution in [0.4, 0.5) is 4.79 Å². The summed E-state index contributed by atoms with van der Waals surface area (Å²) >= 11 is 5.86. The summed E-state index contributed by atoms with van der Waals surface area (Å²) in [5.41, 5.74) is 0.605. The average molecular weight is 367 g/mol. The van der Waals surface area contributed by atoms with E-state index < -0.39 is 5.60 Å². The number of benzene rings is 1. The molecule has 0 bridgehead atoms. The van der Waals surface area contributed by atoms with E-state index in [1.54, 1.807) is 4.90 Å². The molecule has 138 valence electrons. The van der Waals surface area contributed by atoms with E-state index in [2.05, 4.69) is 5.32 Å². The van der Waals surface area contributed by atoms with E-state index in [0.29, 0.717) is 24.7 Å². The van der Waals surface area contributed by atoms with Gasteiger partial charge in [-0.3, -0.25) is 4.79 Å². The predicted molar refractivity (Wildman–Crippen MR) is 98.7 cm³/mol. The Kier molecular flexibility index (Phi) is 6.71. The third kappa shape index (κ3) is 6.58. The molecule has 1 N–H and O–H groups in total. The number of nitrogens with one attached hydrogen (secondary N) is 1. The highest BCUT2D eigenvalue weighted by atomic mass is 35.5. The molecule has 6 heteroatoms. The van der Waals surface area contributed by atoms with Crippen LogP contribution >= 0.6 is 11.6 Å². The summed E-state index contributed by atoms with van der Waals surface area (Å²) in [4.78, 5) is 26.2. The SMILES string of the molecule is CC(C)(C)OC(=O)N1CCCC(C(=O)NCCc2ccc(Cl)cc2)C1. The van der Waals surface area contributed by atoms with Crippen LogP contribution in [-0.2, 0) is 16.0 Å². The van der Waals surface area contributed by atoms with Gasteiger partial charge in [0.1, 0.15) is 5.60 Å². The van der Waals surface area contributed by atoms with Crippen molar-refractivity contribution in [2.75, 3.05) is 19.6 Å². The first-order valence-electron chi connectivity index (χ1n) is 8.75. The third-order valence-electron chi connectivity index (χ3n) is 4.07. The summed E-state index contributed by atoms with van der Waals surface area (Å²) in [6.07, 6.45) is 2.03. The molecule has 1 atom stereocenters. The molecule has 1 saturated heterocycles. The number of likely N-dealkylation sites (tertiary alicyclic amines) is 1. The molecule has 25 heavy (non-hydrogen) atoms. The molecule has 0 aromatic heterocycles. The number of hydrogen-bond acceptors (Lipinski definition) is 3. The number of rotatable bonds is 4. The van der Waals surface area contributed by atoms with Crippen LogP contribution in [0.2, 0.25) is 5.02 Å². The number of carbonyl (C=O) groups is 2. The summed E-state index contributed by atoms with van der Waals surface area (Å²) in [6, 6.07) is 7.61. The van der Waals surface area contributed by atoms with E-state index in [9.17, 15) is 9.59 Å². The Morgan fingerprint density at radius 2 is 1.96 bits per heavy atom. The fourth-order valence-electron chi connectivity index (χ4n) is 2.81. The van der Waals surface area contributed by atoms with E-state index >= 15 is 0 Å². The van der Waals surface area contributed by atoms with Crippen LogP contribution in [0.5, 0.6) is 0 Å². The summed E-state index contributed by atoms with van der Waals surface area (Å²) in [5, 5.41) is 3.68. The van der Waals surface area contributed by atoms with Crippen molar-refractivity contribution in [1.29, 1.82) is 0 Å². The van der Waals surface area contributed by atoms with Gasteiger partial charge in [-0.1, -0.05) is 23.7 Å².